The molecular weight excluding hydrogens is 281 g/mol. The van der Waals surface area contributed by atoms with E-state index in [0.717, 1.165) is 0 Å². The minimum absolute atomic E-state index is 0.157. The van der Waals surface area contributed by atoms with E-state index >= 15 is 0 Å². The Morgan fingerprint density at radius 1 is 1.20 bits per heavy atom. The van der Waals surface area contributed by atoms with Gasteiger partial charge in [-0.15, -0.1) is 0 Å². The third-order valence-electron chi connectivity index (χ3n) is 2.78. The van der Waals surface area contributed by atoms with Gasteiger partial charge in [0.2, 0.25) is 15.0 Å². The van der Waals surface area contributed by atoms with Gasteiger partial charge in [0.1, 0.15) is 5.82 Å². The van der Waals surface area contributed by atoms with Gasteiger partial charge in [-0.3, -0.25) is 0 Å². The molecule has 0 bridgehead atoms. The minimum Gasteiger partial charge on any atom is -0.327 e. The van der Waals surface area contributed by atoms with Crippen molar-refractivity contribution < 1.29 is 12.8 Å². The molecule has 2 heterocycles. The van der Waals surface area contributed by atoms with E-state index in [2.05, 4.69) is 15.0 Å². The van der Waals surface area contributed by atoms with Gasteiger partial charge in [0.25, 0.3) is 0 Å². The molecule has 0 unspecified atom stereocenters. The van der Waals surface area contributed by atoms with Gasteiger partial charge in [0.15, 0.2) is 5.65 Å². The second kappa shape index (κ2) is 4.68. The summed E-state index contributed by atoms with van der Waals surface area (Å²) in [5.41, 5.74) is 1.26. The lowest BCUT2D eigenvalue weighted by Crippen LogP contribution is -2.07. The van der Waals surface area contributed by atoms with Crippen LogP contribution < -0.4 is 0 Å². The van der Waals surface area contributed by atoms with Crippen molar-refractivity contribution in [2.24, 2.45) is 0 Å². The van der Waals surface area contributed by atoms with E-state index in [1.165, 1.54) is 24.4 Å². The summed E-state index contributed by atoms with van der Waals surface area (Å²) >= 11 is 0. The zero-order chi connectivity index (χ0) is 14.2. The Hall–Kier alpha value is -2.28. The van der Waals surface area contributed by atoms with Gasteiger partial charge in [-0.05, 0) is 29.8 Å². The molecule has 0 aliphatic rings. The number of nitrogens with one attached hydrogen (secondary N) is 1. The lowest BCUT2D eigenvalue weighted by molar-refractivity contribution is 0.588. The highest BCUT2D eigenvalue weighted by Gasteiger charge is 2.20. The van der Waals surface area contributed by atoms with E-state index in [0.29, 0.717) is 16.7 Å². The topological polar surface area (TPSA) is 75.7 Å². The summed E-state index contributed by atoms with van der Waals surface area (Å²) < 4.78 is 37.6. The maximum absolute atomic E-state index is 13.1. The number of imidazole rings is 1. The highest BCUT2D eigenvalue weighted by Crippen LogP contribution is 2.17. The van der Waals surface area contributed by atoms with E-state index in [4.69, 9.17) is 0 Å². The number of rotatable bonds is 3. The van der Waals surface area contributed by atoms with Crippen LogP contribution >= 0.6 is 0 Å². The zero-order valence-electron chi connectivity index (χ0n) is 10.2. The monoisotopic (exact) mass is 291 g/mol. The fraction of sp³-hybridized carbons (Fsp3) is 0.0769. The highest BCUT2D eigenvalue weighted by molar-refractivity contribution is 7.90. The molecule has 0 saturated heterocycles. The fourth-order valence-electron chi connectivity index (χ4n) is 1.88. The highest BCUT2D eigenvalue weighted by atomic mass is 32.2. The third-order valence-corrected chi connectivity index (χ3v) is 4.27. The molecule has 3 aromatic rings. The van der Waals surface area contributed by atoms with Crippen molar-refractivity contribution in [3.8, 4) is 0 Å². The van der Waals surface area contributed by atoms with Crippen molar-refractivity contribution in [2.45, 2.75) is 10.9 Å². The predicted octanol–water partition coefficient (Wildman–Crippen LogP) is 2.07. The van der Waals surface area contributed by atoms with Gasteiger partial charge in [-0.1, -0.05) is 12.1 Å². The van der Waals surface area contributed by atoms with Crippen LogP contribution in [0.1, 0.15) is 5.56 Å². The molecule has 0 aliphatic carbocycles. The molecule has 1 N–H and O–H groups in total. The smallest absolute Gasteiger partial charge is 0.227 e. The first-order valence-electron chi connectivity index (χ1n) is 5.82. The normalized spacial score (nSPS) is 11.8. The molecule has 0 atom stereocenters. The number of aromatic amines is 1. The largest absolute Gasteiger partial charge is 0.327 e. The molecule has 102 valence electrons. The van der Waals surface area contributed by atoms with Crippen LogP contribution in [0.4, 0.5) is 4.39 Å². The summed E-state index contributed by atoms with van der Waals surface area (Å²) in [7, 11) is -3.67. The lowest BCUT2D eigenvalue weighted by atomic mass is 10.2. The van der Waals surface area contributed by atoms with Gasteiger partial charge >= 0.3 is 0 Å². The number of pyridine rings is 1. The van der Waals surface area contributed by atoms with Crippen LogP contribution in [-0.4, -0.2) is 23.4 Å². The maximum Gasteiger partial charge on any atom is 0.227 e. The number of hydrogen-bond acceptors (Lipinski definition) is 4. The number of hydrogen-bond donors (Lipinski definition) is 1. The van der Waals surface area contributed by atoms with Gasteiger partial charge in [0.05, 0.1) is 11.3 Å². The second-order valence-corrected chi connectivity index (χ2v) is 6.21. The Morgan fingerprint density at radius 3 is 2.80 bits per heavy atom. The number of nitrogens with zero attached hydrogens (tertiary/aromatic N) is 2. The van der Waals surface area contributed by atoms with Crippen LogP contribution in [0, 0.1) is 5.82 Å². The van der Waals surface area contributed by atoms with Crippen LogP contribution in [0.15, 0.2) is 47.8 Å². The first-order valence-corrected chi connectivity index (χ1v) is 7.48. The molecule has 3 rings (SSSR count). The van der Waals surface area contributed by atoms with Crippen LogP contribution in [0.25, 0.3) is 11.2 Å². The number of sulfone groups is 1. The van der Waals surface area contributed by atoms with Crippen LogP contribution in [0.5, 0.6) is 0 Å². The standard InChI is InChI=1S/C13H10FN3O2S/c14-10-4-1-3-9(7-10)8-20(18,19)13-16-11-5-2-6-15-12(11)17-13/h1-7H,8H2,(H,15,16,17). The molecule has 0 fully saturated rings. The number of halogens is 1. The van der Waals surface area contributed by atoms with Crippen LogP contribution in [-0.2, 0) is 15.6 Å². The fourth-order valence-corrected chi connectivity index (χ4v) is 3.13. The first kappa shape index (κ1) is 12.7. The molecule has 7 heteroatoms. The van der Waals surface area contributed by atoms with E-state index in [1.54, 1.807) is 18.2 Å². The van der Waals surface area contributed by atoms with E-state index in [9.17, 15) is 12.8 Å². The Kier molecular flexibility index (Phi) is 2.98. The summed E-state index contributed by atoms with van der Waals surface area (Å²) in [4.78, 5) is 10.6. The molecule has 0 aliphatic heterocycles. The van der Waals surface area contributed by atoms with Crippen molar-refractivity contribution >= 4 is 21.0 Å². The minimum atomic E-state index is -3.67. The van der Waals surface area contributed by atoms with Crippen LogP contribution in [0.3, 0.4) is 0 Å². The third kappa shape index (κ3) is 2.39. The average molecular weight is 291 g/mol. The van der Waals surface area contributed by atoms with Gasteiger partial charge in [0, 0.05) is 6.20 Å². The molecular formula is C13H10FN3O2S. The lowest BCUT2D eigenvalue weighted by Gasteiger charge is -2.01. The molecule has 5 nitrogen and oxygen atoms in total. The van der Waals surface area contributed by atoms with Gasteiger partial charge in [-0.2, -0.15) is 4.98 Å². The summed E-state index contributed by atoms with van der Waals surface area (Å²) in [6.07, 6.45) is 1.53. The Labute approximate surface area is 114 Å². The van der Waals surface area contributed by atoms with Gasteiger partial charge in [-0.25, -0.2) is 17.8 Å². The van der Waals surface area contributed by atoms with E-state index < -0.39 is 15.7 Å². The van der Waals surface area contributed by atoms with E-state index in [1.807, 2.05) is 0 Å². The van der Waals surface area contributed by atoms with Crippen molar-refractivity contribution in [3.05, 3.63) is 54.0 Å². The molecule has 0 spiro atoms. The first-order chi connectivity index (χ1) is 9.54. The molecule has 2 aromatic heterocycles. The van der Waals surface area contributed by atoms with Gasteiger partial charge < -0.3 is 4.98 Å². The maximum atomic E-state index is 13.1. The zero-order valence-corrected chi connectivity index (χ0v) is 11.1. The van der Waals surface area contributed by atoms with Crippen molar-refractivity contribution in [1.29, 1.82) is 0 Å². The Balaban J connectivity index is 1.99. The molecule has 20 heavy (non-hydrogen) atoms. The van der Waals surface area contributed by atoms with Crippen LogP contribution in [0.2, 0.25) is 0 Å². The summed E-state index contributed by atoms with van der Waals surface area (Å²) in [6, 6.07) is 8.86. The summed E-state index contributed by atoms with van der Waals surface area (Å²) in [5, 5.41) is -0.157. The Bertz CT molecular complexity index is 841. The second-order valence-electron chi connectivity index (χ2n) is 4.31. The van der Waals surface area contributed by atoms with Crippen molar-refractivity contribution in [2.75, 3.05) is 0 Å². The number of benzene rings is 1. The molecule has 0 radical (unpaired) electrons. The summed E-state index contributed by atoms with van der Waals surface area (Å²) in [6.45, 7) is 0. The molecule has 1 aromatic carbocycles. The molecule has 0 saturated carbocycles. The average Bonchev–Trinajstić information content (AvgIpc) is 2.82. The predicted molar refractivity (Wildman–Crippen MR) is 71.2 cm³/mol. The SMILES string of the molecule is O=S(=O)(Cc1cccc(F)c1)c1nc2ncccc2[nH]1. The molecule has 0 amide bonds. The summed E-state index contributed by atoms with van der Waals surface area (Å²) in [5.74, 6) is -0.783. The Morgan fingerprint density at radius 2 is 2.05 bits per heavy atom. The number of aromatic nitrogens is 3. The number of H-pyrrole nitrogens is 1. The quantitative estimate of drug-likeness (QED) is 0.801. The van der Waals surface area contributed by atoms with E-state index in [-0.39, 0.29) is 10.9 Å². The number of fused-ring (bicyclic) bond motifs is 1. The van der Waals surface area contributed by atoms with Crippen molar-refractivity contribution in [1.82, 2.24) is 15.0 Å². The van der Waals surface area contributed by atoms with Crippen molar-refractivity contribution in [3.63, 3.8) is 0 Å².